The molecule has 1 atom stereocenters. The lowest BCUT2D eigenvalue weighted by Gasteiger charge is -2.17. The fourth-order valence-corrected chi connectivity index (χ4v) is 2.87. The van der Waals surface area contributed by atoms with E-state index in [9.17, 15) is 9.59 Å². The first-order valence-electron chi connectivity index (χ1n) is 8.78. The first kappa shape index (κ1) is 19.3. The van der Waals surface area contributed by atoms with E-state index in [1.807, 2.05) is 19.1 Å². The van der Waals surface area contributed by atoms with Crippen LogP contribution in [-0.2, 0) is 6.54 Å². The molecule has 28 heavy (non-hydrogen) atoms. The number of furan rings is 1. The molecule has 0 fully saturated rings. The smallest absolute Gasteiger partial charge is 0.287 e. The predicted molar refractivity (Wildman–Crippen MR) is 104 cm³/mol. The number of methoxy groups -OCH3 is 2. The Labute approximate surface area is 162 Å². The van der Waals surface area contributed by atoms with Crippen molar-refractivity contribution in [2.24, 2.45) is 0 Å². The van der Waals surface area contributed by atoms with Gasteiger partial charge in [-0.3, -0.25) is 9.59 Å². The summed E-state index contributed by atoms with van der Waals surface area (Å²) in [6, 6.07) is 13.3. The van der Waals surface area contributed by atoms with Gasteiger partial charge in [-0.2, -0.15) is 0 Å². The van der Waals surface area contributed by atoms with Gasteiger partial charge in [0.15, 0.2) is 5.76 Å². The lowest BCUT2D eigenvalue weighted by Crippen LogP contribution is -2.26. The van der Waals surface area contributed by atoms with Gasteiger partial charge >= 0.3 is 0 Å². The highest BCUT2D eigenvalue weighted by atomic mass is 16.5. The van der Waals surface area contributed by atoms with E-state index in [-0.39, 0.29) is 29.8 Å². The molecule has 0 bridgehead atoms. The number of benzene rings is 1. The molecule has 0 radical (unpaired) electrons. The summed E-state index contributed by atoms with van der Waals surface area (Å²) >= 11 is 0. The molecule has 7 heteroatoms. The number of ether oxygens (including phenoxy) is 2. The molecular weight excluding hydrogens is 360 g/mol. The SMILES string of the molecule is COc1ccc(C(C)NC(=O)c2ccc(Cn3ccccc3=O)o2)c(OC)c1. The minimum Gasteiger partial charge on any atom is -0.497 e. The summed E-state index contributed by atoms with van der Waals surface area (Å²) in [4.78, 5) is 24.3. The largest absolute Gasteiger partial charge is 0.497 e. The Morgan fingerprint density at radius 3 is 2.68 bits per heavy atom. The van der Waals surface area contributed by atoms with Gasteiger partial charge < -0.3 is 23.8 Å². The Morgan fingerprint density at radius 1 is 1.14 bits per heavy atom. The van der Waals surface area contributed by atoms with Crippen LogP contribution in [0, 0.1) is 0 Å². The molecule has 1 N–H and O–H groups in total. The second kappa shape index (κ2) is 8.47. The van der Waals surface area contributed by atoms with Crippen molar-refractivity contribution >= 4 is 5.91 Å². The molecule has 1 aromatic carbocycles. The number of carbonyl (C=O) groups is 1. The first-order valence-corrected chi connectivity index (χ1v) is 8.78. The molecule has 0 saturated carbocycles. The minimum atomic E-state index is -0.350. The van der Waals surface area contributed by atoms with Crippen molar-refractivity contribution < 1.29 is 18.7 Å². The van der Waals surface area contributed by atoms with Gasteiger partial charge in [-0.15, -0.1) is 0 Å². The normalized spacial score (nSPS) is 11.7. The molecule has 1 unspecified atom stereocenters. The number of hydrogen-bond acceptors (Lipinski definition) is 5. The summed E-state index contributed by atoms with van der Waals surface area (Å²) in [5, 5.41) is 2.89. The lowest BCUT2D eigenvalue weighted by atomic mass is 10.1. The molecule has 0 saturated heterocycles. The average Bonchev–Trinajstić information content (AvgIpc) is 3.18. The zero-order valence-corrected chi connectivity index (χ0v) is 16.0. The molecular formula is C21H22N2O5. The molecule has 1 amide bonds. The van der Waals surface area contributed by atoms with E-state index >= 15 is 0 Å². The maximum absolute atomic E-state index is 12.5. The third-order valence-electron chi connectivity index (χ3n) is 4.37. The van der Waals surface area contributed by atoms with Gasteiger partial charge in [-0.1, -0.05) is 6.07 Å². The van der Waals surface area contributed by atoms with Crippen LogP contribution in [0.25, 0.3) is 0 Å². The number of rotatable bonds is 7. The third kappa shape index (κ3) is 4.25. The average molecular weight is 382 g/mol. The van der Waals surface area contributed by atoms with Crippen molar-refractivity contribution in [3.63, 3.8) is 0 Å². The van der Waals surface area contributed by atoms with E-state index < -0.39 is 0 Å². The van der Waals surface area contributed by atoms with Crippen molar-refractivity contribution in [2.45, 2.75) is 19.5 Å². The number of nitrogens with zero attached hydrogens (tertiary/aromatic N) is 1. The van der Waals surface area contributed by atoms with Gasteiger partial charge in [-0.25, -0.2) is 0 Å². The summed E-state index contributed by atoms with van der Waals surface area (Å²) in [6.07, 6.45) is 1.67. The van der Waals surface area contributed by atoms with Gasteiger partial charge in [-0.05, 0) is 37.3 Å². The van der Waals surface area contributed by atoms with Crippen LogP contribution in [-0.4, -0.2) is 24.7 Å². The maximum Gasteiger partial charge on any atom is 0.287 e. The van der Waals surface area contributed by atoms with Gasteiger partial charge in [0, 0.05) is 23.9 Å². The molecule has 0 aliphatic carbocycles. The van der Waals surface area contributed by atoms with E-state index in [1.54, 1.807) is 50.7 Å². The van der Waals surface area contributed by atoms with Crippen molar-refractivity contribution in [3.8, 4) is 11.5 Å². The van der Waals surface area contributed by atoms with E-state index in [0.29, 0.717) is 17.3 Å². The Balaban J connectivity index is 1.71. The highest BCUT2D eigenvalue weighted by Crippen LogP contribution is 2.29. The summed E-state index contributed by atoms with van der Waals surface area (Å²) in [5.74, 6) is 1.64. The third-order valence-corrected chi connectivity index (χ3v) is 4.37. The van der Waals surface area contributed by atoms with Gasteiger partial charge in [0.05, 0.1) is 26.8 Å². The molecule has 3 rings (SSSR count). The zero-order chi connectivity index (χ0) is 20.1. The first-order chi connectivity index (χ1) is 13.5. The van der Waals surface area contributed by atoms with Crippen LogP contribution < -0.4 is 20.3 Å². The Kier molecular flexibility index (Phi) is 5.84. The number of hydrogen-bond donors (Lipinski definition) is 1. The molecule has 0 aliphatic rings. The topological polar surface area (TPSA) is 82.7 Å². The quantitative estimate of drug-likeness (QED) is 0.679. The van der Waals surface area contributed by atoms with Crippen LogP contribution in [0.4, 0.5) is 0 Å². The van der Waals surface area contributed by atoms with E-state index in [1.165, 1.54) is 10.6 Å². The van der Waals surface area contributed by atoms with E-state index in [0.717, 1.165) is 5.56 Å². The second-order valence-corrected chi connectivity index (χ2v) is 6.24. The van der Waals surface area contributed by atoms with Crippen molar-refractivity contribution in [1.29, 1.82) is 0 Å². The van der Waals surface area contributed by atoms with Crippen LogP contribution in [0.5, 0.6) is 11.5 Å². The molecule has 146 valence electrons. The molecule has 0 aliphatic heterocycles. The van der Waals surface area contributed by atoms with Crippen LogP contribution in [0.2, 0.25) is 0 Å². The molecule has 7 nitrogen and oxygen atoms in total. The number of amides is 1. The highest BCUT2D eigenvalue weighted by Gasteiger charge is 2.18. The van der Waals surface area contributed by atoms with Gasteiger partial charge in [0.1, 0.15) is 17.3 Å². The van der Waals surface area contributed by atoms with Crippen molar-refractivity contribution in [2.75, 3.05) is 14.2 Å². The summed E-state index contributed by atoms with van der Waals surface area (Å²) in [5.41, 5.74) is 0.685. The highest BCUT2D eigenvalue weighted by molar-refractivity contribution is 5.91. The lowest BCUT2D eigenvalue weighted by molar-refractivity contribution is 0.0909. The van der Waals surface area contributed by atoms with Gasteiger partial charge in [0.2, 0.25) is 0 Å². The molecule has 2 heterocycles. The minimum absolute atomic E-state index is 0.134. The fourth-order valence-electron chi connectivity index (χ4n) is 2.87. The molecule has 3 aromatic rings. The standard InChI is InChI=1S/C21H22N2O5/c1-14(17-9-7-15(26-2)12-19(17)27-3)22-21(25)18-10-8-16(28-18)13-23-11-5-4-6-20(23)24/h4-12,14H,13H2,1-3H3,(H,22,25). The molecule has 2 aromatic heterocycles. The van der Waals surface area contributed by atoms with Crippen LogP contribution in [0.1, 0.15) is 34.8 Å². The Morgan fingerprint density at radius 2 is 1.96 bits per heavy atom. The number of aromatic nitrogens is 1. The number of nitrogens with one attached hydrogen (secondary N) is 1. The zero-order valence-electron chi connectivity index (χ0n) is 16.0. The summed E-state index contributed by atoms with van der Waals surface area (Å²) in [6.45, 7) is 2.12. The predicted octanol–water partition coefficient (Wildman–Crippen LogP) is 3.00. The number of carbonyl (C=O) groups excluding carboxylic acids is 1. The second-order valence-electron chi connectivity index (χ2n) is 6.24. The molecule has 0 spiro atoms. The number of pyridine rings is 1. The van der Waals surface area contributed by atoms with E-state index in [4.69, 9.17) is 13.9 Å². The van der Waals surface area contributed by atoms with Crippen LogP contribution in [0.3, 0.4) is 0 Å². The van der Waals surface area contributed by atoms with Crippen LogP contribution >= 0.6 is 0 Å². The fraction of sp³-hybridized carbons (Fsp3) is 0.238. The van der Waals surface area contributed by atoms with Gasteiger partial charge in [0.25, 0.3) is 11.5 Å². The monoisotopic (exact) mass is 382 g/mol. The Hall–Kier alpha value is -3.48. The summed E-state index contributed by atoms with van der Waals surface area (Å²) < 4.78 is 17.7. The van der Waals surface area contributed by atoms with Crippen molar-refractivity contribution in [1.82, 2.24) is 9.88 Å². The van der Waals surface area contributed by atoms with Crippen molar-refractivity contribution in [3.05, 3.63) is 82.2 Å². The van der Waals surface area contributed by atoms with Crippen LogP contribution in [0.15, 0.2) is 63.9 Å². The maximum atomic E-state index is 12.5. The van der Waals surface area contributed by atoms with E-state index in [2.05, 4.69) is 5.32 Å². The Bertz CT molecular complexity index is 1020. The summed E-state index contributed by atoms with van der Waals surface area (Å²) in [7, 11) is 3.15.